The summed E-state index contributed by atoms with van der Waals surface area (Å²) in [5.74, 6) is 0.830. The number of rotatable bonds is 7. The molecule has 1 amide bonds. The molecule has 1 heterocycles. The van der Waals surface area contributed by atoms with Crippen molar-refractivity contribution in [3.8, 4) is 5.75 Å². The Morgan fingerprint density at radius 3 is 2.63 bits per heavy atom. The van der Waals surface area contributed by atoms with Crippen LogP contribution in [0.25, 0.3) is 0 Å². The van der Waals surface area contributed by atoms with E-state index in [1.807, 2.05) is 0 Å². The van der Waals surface area contributed by atoms with Gasteiger partial charge in [-0.1, -0.05) is 25.7 Å². The van der Waals surface area contributed by atoms with Crippen LogP contribution in [0.4, 0.5) is 5.69 Å². The molecule has 0 spiro atoms. The Hall–Kier alpha value is -1.64. The van der Waals surface area contributed by atoms with Crippen LogP contribution in [-0.2, 0) is 19.6 Å². The van der Waals surface area contributed by atoms with Gasteiger partial charge in [-0.25, -0.2) is 8.42 Å². The van der Waals surface area contributed by atoms with Crippen molar-refractivity contribution in [3.05, 3.63) is 18.2 Å². The van der Waals surface area contributed by atoms with Gasteiger partial charge in [0, 0.05) is 25.2 Å². The van der Waals surface area contributed by atoms with Crippen molar-refractivity contribution < 1.29 is 22.7 Å². The van der Waals surface area contributed by atoms with E-state index >= 15 is 0 Å². The van der Waals surface area contributed by atoms with E-state index in [1.54, 1.807) is 12.1 Å². The Morgan fingerprint density at radius 2 is 1.96 bits per heavy atom. The van der Waals surface area contributed by atoms with Gasteiger partial charge >= 0.3 is 0 Å². The van der Waals surface area contributed by atoms with Crippen LogP contribution < -0.4 is 10.1 Å². The van der Waals surface area contributed by atoms with Gasteiger partial charge in [-0.15, -0.1) is 0 Å². The second-order valence-corrected chi connectivity index (χ2v) is 9.03. The molecule has 0 radical (unpaired) electrons. The zero-order valence-corrected chi connectivity index (χ0v) is 16.6. The first-order valence-corrected chi connectivity index (χ1v) is 11.0. The fourth-order valence-corrected chi connectivity index (χ4v) is 5.33. The molecule has 1 saturated carbocycles. The normalized spacial score (nSPS) is 19.1. The fraction of sp³-hybridized carbons (Fsp3) is 0.632. The largest absolute Gasteiger partial charge is 0.495 e. The quantitative estimate of drug-likeness (QED) is 0.766. The van der Waals surface area contributed by atoms with Gasteiger partial charge in [0.2, 0.25) is 15.9 Å². The molecule has 1 saturated heterocycles. The van der Waals surface area contributed by atoms with E-state index in [-0.39, 0.29) is 16.6 Å². The summed E-state index contributed by atoms with van der Waals surface area (Å²) in [6.07, 6.45) is 6.28. The molecule has 1 aliphatic heterocycles. The van der Waals surface area contributed by atoms with Crippen LogP contribution in [0.3, 0.4) is 0 Å². The summed E-state index contributed by atoms with van der Waals surface area (Å²) < 4.78 is 37.8. The molecule has 0 unspecified atom stereocenters. The zero-order valence-electron chi connectivity index (χ0n) is 15.8. The first-order chi connectivity index (χ1) is 13.0. The summed E-state index contributed by atoms with van der Waals surface area (Å²) in [6, 6.07) is 4.74. The van der Waals surface area contributed by atoms with Gasteiger partial charge in [0.15, 0.2) is 0 Å². The first-order valence-electron chi connectivity index (χ1n) is 9.56. The van der Waals surface area contributed by atoms with Crippen LogP contribution in [0.15, 0.2) is 23.1 Å². The number of nitrogens with zero attached hydrogens (tertiary/aromatic N) is 1. The van der Waals surface area contributed by atoms with Crippen molar-refractivity contribution in [3.63, 3.8) is 0 Å². The number of amides is 1. The number of carbonyl (C=O) groups is 1. The summed E-state index contributed by atoms with van der Waals surface area (Å²) in [7, 11) is -2.27. The monoisotopic (exact) mass is 396 g/mol. The Kier molecular flexibility index (Phi) is 6.73. The smallest absolute Gasteiger partial charge is 0.246 e. The minimum absolute atomic E-state index is 0.0699. The van der Waals surface area contributed by atoms with Crippen molar-refractivity contribution in [1.82, 2.24) is 4.31 Å². The van der Waals surface area contributed by atoms with E-state index in [1.165, 1.54) is 43.2 Å². The van der Waals surface area contributed by atoms with Gasteiger partial charge in [0.1, 0.15) is 10.6 Å². The van der Waals surface area contributed by atoms with Gasteiger partial charge in [0.05, 0.1) is 20.3 Å². The van der Waals surface area contributed by atoms with E-state index in [0.29, 0.717) is 44.3 Å². The Bertz CT molecular complexity index is 753. The van der Waals surface area contributed by atoms with Crippen LogP contribution in [0.1, 0.15) is 38.5 Å². The van der Waals surface area contributed by atoms with Gasteiger partial charge in [-0.3, -0.25) is 4.79 Å². The number of morpholine rings is 1. The maximum absolute atomic E-state index is 13.0. The van der Waals surface area contributed by atoms with Gasteiger partial charge in [-0.05, 0) is 30.5 Å². The number of nitrogens with one attached hydrogen (secondary N) is 1. The molecular weight excluding hydrogens is 368 g/mol. The number of carbonyl (C=O) groups excluding carboxylic acids is 1. The summed E-state index contributed by atoms with van der Waals surface area (Å²) in [5, 5.41) is 2.83. The number of hydrogen-bond donors (Lipinski definition) is 1. The minimum atomic E-state index is -3.71. The molecule has 0 aromatic heterocycles. The Balaban J connectivity index is 1.71. The van der Waals surface area contributed by atoms with Crippen molar-refractivity contribution >= 4 is 21.6 Å². The van der Waals surface area contributed by atoms with E-state index in [4.69, 9.17) is 9.47 Å². The van der Waals surface area contributed by atoms with Crippen molar-refractivity contribution in [2.75, 3.05) is 38.7 Å². The molecule has 2 aliphatic rings. The van der Waals surface area contributed by atoms with E-state index in [9.17, 15) is 13.2 Å². The fourth-order valence-electron chi connectivity index (χ4n) is 3.74. The molecule has 2 fully saturated rings. The summed E-state index contributed by atoms with van der Waals surface area (Å²) in [4.78, 5) is 12.3. The number of anilines is 1. The van der Waals surface area contributed by atoms with Gasteiger partial charge in [-0.2, -0.15) is 4.31 Å². The summed E-state index contributed by atoms with van der Waals surface area (Å²) in [5.41, 5.74) is 0.471. The van der Waals surface area contributed by atoms with Crippen molar-refractivity contribution in [1.29, 1.82) is 0 Å². The molecule has 150 valence electrons. The lowest BCUT2D eigenvalue weighted by molar-refractivity contribution is -0.116. The maximum Gasteiger partial charge on any atom is 0.246 e. The predicted molar refractivity (Wildman–Crippen MR) is 102 cm³/mol. The highest BCUT2D eigenvalue weighted by Gasteiger charge is 2.29. The van der Waals surface area contributed by atoms with Gasteiger partial charge in [0.25, 0.3) is 0 Å². The molecule has 0 bridgehead atoms. The average Bonchev–Trinajstić information content (AvgIpc) is 3.21. The molecule has 1 aromatic rings. The van der Waals surface area contributed by atoms with Crippen LogP contribution in [0.5, 0.6) is 5.75 Å². The van der Waals surface area contributed by atoms with Crippen LogP contribution >= 0.6 is 0 Å². The number of sulfonamides is 1. The molecule has 1 N–H and O–H groups in total. The second-order valence-electron chi connectivity index (χ2n) is 7.12. The van der Waals surface area contributed by atoms with E-state index < -0.39 is 10.0 Å². The minimum Gasteiger partial charge on any atom is -0.495 e. The molecule has 1 aliphatic carbocycles. The molecule has 27 heavy (non-hydrogen) atoms. The van der Waals surface area contributed by atoms with Crippen LogP contribution in [-0.4, -0.2) is 52.0 Å². The zero-order chi connectivity index (χ0) is 19.3. The van der Waals surface area contributed by atoms with E-state index in [0.717, 1.165) is 6.42 Å². The topological polar surface area (TPSA) is 84.9 Å². The molecule has 7 nitrogen and oxygen atoms in total. The van der Waals surface area contributed by atoms with Crippen LogP contribution in [0.2, 0.25) is 0 Å². The molecule has 8 heteroatoms. The molecule has 3 rings (SSSR count). The number of hydrogen-bond acceptors (Lipinski definition) is 5. The molecule has 1 aromatic carbocycles. The molecule has 0 atom stereocenters. The lowest BCUT2D eigenvalue weighted by Gasteiger charge is -2.26. The lowest BCUT2D eigenvalue weighted by atomic mass is 10.0. The highest BCUT2D eigenvalue weighted by molar-refractivity contribution is 7.89. The summed E-state index contributed by atoms with van der Waals surface area (Å²) >= 11 is 0. The van der Waals surface area contributed by atoms with Crippen LogP contribution in [0, 0.1) is 5.92 Å². The SMILES string of the molecule is COc1ccc(NC(=O)CCC2CCCC2)cc1S(=O)(=O)N1CCOCC1. The average molecular weight is 397 g/mol. The highest BCUT2D eigenvalue weighted by atomic mass is 32.2. The third kappa shape index (κ3) is 5.00. The Morgan fingerprint density at radius 1 is 1.26 bits per heavy atom. The standard InChI is InChI=1S/C19H28N2O5S/c1-25-17-8-7-16(20-19(22)9-6-15-4-2-3-5-15)14-18(17)27(23,24)21-10-12-26-13-11-21/h7-8,14-15H,2-6,9-13H2,1H3,(H,20,22). The lowest BCUT2D eigenvalue weighted by Crippen LogP contribution is -2.40. The van der Waals surface area contributed by atoms with Gasteiger partial charge < -0.3 is 14.8 Å². The summed E-state index contributed by atoms with van der Waals surface area (Å²) in [6.45, 7) is 1.37. The number of methoxy groups -OCH3 is 1. The Labute approximate surface area is 161 Å². The van der Waals surface area contributed by atoms with Crippen molar-refractivity contribution in [2.45, 2.75) is 43.4 Å². The van der Waals surface area contributed by atoms with Crippen molar-refractivity contribution in [2.24, 2.45) is 5.92 Å². The third-order valence-electron chi connectivity index (χ3n) is 5.29. The predicted octanol–water partition coefficient (Wildman–Crippen LogP) is 2.63. The second kappa shape index (κ2) is 9.03. The number of ether oxygens (including phenoxy) is 2. The number of benzene rings is 1. The highest BCUT2D eigenvalue weighted by Crippen LogP contribution is 2.31. The third-order valence-corrected chi connectivity index (χ3v) is 7.21. The molecular formula is C19H28N2O5S. The first kappa shape index (κ1) is 20.1. The van der Waals surface area contributed by atoms with E-state index in [2.05, 4.69) is 5.32 Å². The maximum atomic E-state index is 13.0.